The van der Waals surface area contributed by atoms with Gasteiger partial charge in [0, 0.05) is 23.8 Å². The number of carbonyl (C=O) groups is 1. The molecule has 0 radical (unpaired) electrons. The van der Waals surface area contributed by atoms with E-state index in [9.17, 15) is 9.18 Å². The first-order valence-corrected chi connectivity index (χ1v) is 12.3. The van der Waals surface area contributed by atoms with Gasteiger partial charge in [-0.1, -0.05) is 36.4 Å². The second kappa shape index (κ2) is 9.43. The molecule has 0 saturated carbocycles. The lowest BCUT2D eigenvalue weighted by Crippen LogP contribution is -2.45. The Bertz CT molecular complexity index is 1280. The molecule has 1 aliphatic rings. The number of nitrogens with one attached hydrogen (secondary N) is 1. The van der Waals surface area contributed by atoms with E-state index >= 15 is 0 Å². The van der Waals surface area contributed by atoms with Crippen LogP contribution < -0.4 is 10.2 Å². The third-order valence-electron chi connectivity index (χ3n) is 6.40. The molecule has 0 bridgehead atoms. The standard InChI is InChI=1S/C26H27FN4OS/c1-17(12-13-18-7-3-2-4-8-18)30-26(32)19-9-6-14-31(15-19)25-24-23(28-16-29-25)22-20(27)10-5-11-21(22)33-24/h2-5,7-8,10-11,16-17,19H,6,9,12-15H2,1H3,(H,30,32). The average molecular weight is 463 g/mol. The number of carbonyl (C=O) groups excluding carboxylic acids is 1. The highest BCUT2D eigenvalue weighted by atomic mass is 32.1. The van der Waals surface area contributed by atoms with Crippen molar-refractivity contribution in [2.75, 3.05) is 18.0 Å². The Morgan fingerprint density at radius 1 is 1.21 bits per heavy atom. The molecule has 7 heteroatoms. The van der Waals surface area contributed by atoms with Crippen LogP contribution >= 0.6 is 11.3 Å². The molecule has 1 fully saturated rings. The molecule has 3 heterocycles. The lowest BCUT2D eigenvalue weighted by Gasteiger charge is -2.33. The number of amides is 1. The molecule has 1 amide bonds. The highest BCUT2D eigenvalue weighted by Gasteiger charge is 2.29. The zero-order valence-electron chi connectivity index (χ0n) is 18.6. The SMILES string of the molecule is CC(CCc1ccccc1)NC(=O)C1CCCN(c2ncnc3c2sc2cccc(F)c23)C1. The van der Waals surface area contributed by atoms with Crippen LogP contribution in [0.5, 0.6) is 0 Å². The molecule has 2 atom stereocenters. The summed E-state index contributed by atoms with van der Waals surface area (Å²) in [4.78, 5) is 24.1. The number of halogens is 1. The molecule has 2 aromatic heterocycles. The summed E-state index contributed by atoms with van der Waals surface area (Å²) >= 11 is 1.51. The number of piperidine rings is 1. The highest BCUT2D eigenvalue weighted by molar-refractivity contribution is 7.26. The molecule has 2 unspecified atom stereocenters. The maximum atomic E-state index is 14.5. The summed E-state index contributed by atoms with van der Waals surface area (Å²) in [6, 6.07) is 15.6. The quantitative estimate of drug-likeness (QED) is 0.420. The van der Waals surface area contributed by atoms with Gasteiger partial charge in [-0.05, 0) is 50.3 Å². The smallest absolute Gasteiger partial charge is 0.225 e. The summed E-state index contributed by atoms with van der Waals surface area (Å²) in [6.07, 6.45) is 5.14. The lowest BCUT2D eigenvalue weighted by molar-refractivity contribution is -0.125. The summed E-state index contributed by atoms with van der Waals surface area (Å²) in [5.74, 6) is 0.556. The maximum Gasteiger partial charge on any atom is 0.225 e. The van der Waals surface area contributed by atoms with Crippen LogP contribution in [0.1, 0.15) is 31.7 Å². The number of thiophene rings is 1. The van der Waals surface area contributed by atoms with Gasteiger partial charge in [-0.15, -0.1) is 11.3 Å². The fourth-order valence-corrected chi connectivity index (χ4v) is 5.82. The number of fused-ring (bicyclic) bond motifs is 3. The van der Waals surface area contributed by atoms with Gasteiger partial charge in [-0.2, -0.15) is 0 Å². The Kier molecular flexibility index (Phi) is 6.22. The monoisotopic (exact) mass is 462 g/mol. The maximum absolute atomic E-state index is 14.5. The zero-order chi connectivity index (χ0) is 22.8. The van der Waals surface area contributed by atoms with Crippen molar-refractivity contribution >= 4 is 43.4 Å². The number of benzene rings is 2. The fraction of sp³-hybridized carbons (Fsp3) is 0.346. The number of aromatic nitrogens is 2. The second-order valence-electron chi connectivity index (χ2n) is 8.81. The lowest BCUT2D eigenvalue weighted by atomic mass is 9.96. The topological polar surface area (TPSA) is 58.1 Å². The van der Waals surface area contributed by atoms with Crippen molar-refractivity contribution in [3.05, 3.63) is 66.2 Å². The van der Waals surface area contributed by atoms with Crippen molar-refractivity contribution in [3.8, 4) is 0 Å². The Hall–Kier alpha value is -3.06. The number of aryl methyl sites for hydroxylation is 1. The summed E-state index contributed by atoms with van der Waals surface area (Å²) in [7, 11) is 0. The predicted molar refractivity (Wildman–Crippen MR) is 132 cm³/mol. The van der Waals surface area contributed by atoms with E-state index in [1.54, 1.807) is 6.07 Å². The van der Waals surface area contributed by atoms with Crippen molar-refractivity contribution in [2.24, 2.45) is 5.92 Å². The molecule has 0 spiro atoms. The van der Waals surface area contributed by atoms with E-state index in [-0.39, 0.29) is 23.7 Å². The minimum absolute atomic E-state index is 0.0888. The van der Waals surface area contributed by atoms with Gasteiger partial charge in [0.05, 0.1) is 21.5 Å². The van der Waals surface area contributed by atoms with Crippen molar-refractivity contribution in [3.63, 3.8) is 0 Å². The van der Waals surface area contributed by atoms with E-state index in [4.69, 9.17) is 0 Å². The number of hydrogen-bond donors (Lipinski definition) is 1. The normalized spacial score (nSPS) is 17.4. The molecule has 1 N–H and O–H groups in total. The van der Waals surface area contributed by atoms with E-state index in [2.05, 4.69) is 39.2 Å². The predicted octanol–water partition coefficient (Wildman–Crippen LogP) is 5.34. The highest BCUT2D eigenvalue weighted by Crippen LogP contribution is 2.39. The molecule has 4 aromatic rings. The second-order valence-corrected chi connectivity index (χ2v) is 9.86. The van der Waals surface area contributed by atoms with Gasteiger partial charge >= 0.3 is 0 Å². The number of anilines is 1. The molecule has 5 rings (SSSR count). The molecular weight excluding hydrogens is 435 g/mol. The molecule has 1 aliphatic heterocycles. The van der Waals surface area contributed by atoms with E-state index in [0.717, 1.165) is 47.4 Å². The first kappa shape index (κ1) is 21.8. The van der Waals surface area contributed by atoms with E-state index in [0.29, 0.717) is 17.4 Å². The van der Waals surface area contributed by atoms with Crippen LogP contribution in [0.2, 0.25) is 0 Å². The van der Waals surface area contributed by atoms with E-state index < -0.39 is 0 Å². The van der Waals surface area contributed by atoms with Crippen molar-refractivity contribution in [2.45, 2.75) is 38.6 Å². The minimum Gasteiger partial charge on any atom is -0.355 e. The number of nitrogens with zero attached hydrogens (tertiary/aromatic N) is 3. The van der Waals surface area contributed by atoms with Crippen LogP contribution in [-0.4, -0.2) is 35.0 Å². The molecule has 0 aliphatic carbocycles. The molecule has 33 heavy (non-hydrogen) atoms. The Balaban J connectivity index is 1.29. The Morgan fingerprint density at radius 3 is 2.91 bits per heavy atom. The number of hydrogen-bond acceptors (Lipinski definition) is 5. The van der Waals surface area contributed by atoms with Gasteiger partial charge in [-0.25, -0.2) is 14.4 Å². The van der Waals surface area contributed by atoms with Crippen LogP contribution in [0, 0.1) is 11.7 Å². The third kappa shape index (κ3) is 4.55. The van der Waals surface area contributed by atoms with Gasteiger partial charge in [0.15, 0.2) is 0 Å². The third-order valence-corrected chi connectivity index (χ3v) is 7.54. The molecule has 5 nitrogen and oxygen atoms in total. The van der Waals surface area contributed by atoms with E-state index in [1.807, 2.05) is 24.3 Å². The summed E-state index contributed by atoms with van der Waals surface area (Å²) in [5.41, 5.74) is 1.94. The summed E-state index contributed by atoms with van der Waals surface area (Å²) in [5, 5.41) is 3.77. The minimum atomic E-state index is -0.260. The van der Waals surface area contributed by atoms with Crippen molar-refractivity contribution < 1.29 is 9.18 Å². The molecule has 2 aromatic carbocycles. The molecule has 170 valence electrons. The molecular formula is C26H27FN4OS. The summed E-state index contributed by atoms with van der Waals surface area (Å²) < 4.78 is 16.2. The summed E-state index contributed by atoms with van der Waals surface area (Å²) in [6.45, 7) is 3.51. The van der Waals surface area contributed by atoms with Crippen LogP contribution in [-0.2, 0) is 11.2 Å². The average Bonchev–Trinajstić information content (AvgIpc) is 3.23. The zero-order valence-corrected chi connectivity index (χ0v) is 19.4. The van der Waals surface area contributed by atoms with Crippen LogP contribution in [0.15, 0.2) is 54.9 Å². The largest absolute Gasteiger partial charge is 0.355 e. The van der Waals surface area contributed by atoms with Crippen molar-refractivity contribution in [1.82, 2.24) is 15.3 Å². The van der Waals surface area contributed by atoms with E-state index in [1.165, 1.54) is 29.3 Å². The van der Waals surface area contributed by atoms with Crippen LogP contribution in [0.3, 0.4) is 0 Å². The van der Waals surface area contributed by atoms with Gasteiger partial charge in [0.1, 0.15) is 18.0 Å². The van der Waals surface area contributed by atoms with Gasteiger partial charge in [0.25, 0.3) is 0 Å². The first-order chi connectivity index (χ1) is 16.1. The fourth-order valence-electron chi connectivity index (χ4n) is 4.64. The Labute approximate surface area is 196 Å². The van der Waals surface area contributed by atoms with Gasteiger partial charge in [0.2, 0.25) is 5.91 Å². The van der Waals surface area contributed by atoms with Crippen molar-refractivity contribution in [1.29, 1.82) is 0 Å². The van der Waals surface area contributed by atoms with Gasteiger partial charge in [-0.3, -0.25) is 4.79 Å². The van der Waals surface area contributed by atoms with Gasteiger partial charge < -0.3 is 10.2 Å². The van der Waals surface area contributed by atoms with Crippen LogP contribution in [0.25, 0.3) is 20.3 Å². The molecule has 1 saturated heterocycles. The first-order valence-electron chi connectivity index (χ1n) is 11.5. The Morgan fingerprint density at radius 2 is 2.06 bits per heavy atom. The number of rotatable bonds is 6. The van der Waals surface area contributed by atoms with Crippen LogP contribution in [0.4, 0.5) is 10.2 Å².